The monoisotopic (exact) mass is 419 g/mol. The highest BCUT2D eigenvalue weighted by Crippen LogP contribution is 2.23. The fraction of sp³-hybridized carbons (Fsp3) is 0.526. The van der Waals surface area contributed by atoms with Gasteiger partial charge in [0.1, 0.15) is 22.7 Å². The topological polar surface area (TPSA) is 97.6 Å². The van der Waals surface area contributed by atoms with E-state index in [1.54, 1.807) is 27.8 Å². The van der Waals surface area contributed by atoms with Crippen molar-refractivity contribution in [2.45, 2.75) is 24.7 Å². The summed E-state index contributed by atoms with van der Waals surface area (Å²) in [5.74, 6) is 0.717. The van der Waals surface area contributed by atoms with E-state index in [0.29, 0.717) is 56.8 Å². The molecular weight excluding hydrogens is 394 g/mol. The van der Waals surface area contributed by atoms with E-state index in [-0.39, 0.29) is 10.8 Å². The Bertz CT molecular complexity index is 967. The largest absolute Gasteiger partial charge is 0.378 e. The van der Waals surface area contributed by atoms with Gasteiger partial charge in [-0.05, 0) is 30.9 Å². The zero-order chi connectivity index (χ0) is 20.4. The summed E-state index contributed by atoms with van der Waals surface area (Å²) in [7, 11) is -3.54. The second-order valence-electron chi connectivity index (χ2n) is 7.53. The minimum Gasteiger partial charge on any atom is -0.378 e. The van der Waals surface area contributed by atoms with Crippen molar-refractivity contribution in [2.24, 2.45) is 5.92 Å². The predicted octanol–water partition coefficient (Wildman–Crippen LogP) is 1.16. The molecule has 1 amide bonds. The maximum atomic E-state index is 12.9. The quantitative estimate of drug-likeness (QED) is 0.738. The highest BCUT2D eigenvalue weighted by atomic mass is 32.2. The van der Waals surface area contributed by atoms with E-state index in [4.69, 9.17) is 4.74 Å². The van der Waals surface area contributed by atoms with Gasteiger partial charge in [-0.1, -0.05) is 6.92 Å². The lowest BCUT2D eigenvalue weighted by Crippen LogP contribution is -2.40. The SMILES string of the molecule is CC1CCCN(S(=O)(=O)c2ccc(-n3cnc(C(=O)N4CCOCC4)c3)nc2)C1. The van der Waals surface area contributed by atoms with Crippen LogP contribution in [0.25, 0.3) is 5.82 Å². The van der Waals surface area contributed by atoms with Crippen molar-refractivity contribution in [3.05, 3.63) is 36.5 Å². The average molecular weight is 420 g/mol. The van der Waals surface area contributed by atoms with E-state index in [2.05, 4.69) is 16.9 Å². The molecule has 0 saturated carbocycles. The Morgan fingerprint density at radius 2 is 1.97 bits per heavy atom. The normalized spacial score (nSPS) is 21.3. The van der Waals surface area contributed by atoms with E-state index in [1.165, 1.54) is 16.8 Å². The Kier molecular flexibility index (Phi) is 5.66. The van der Waals surface area contributed by atoms with Crippen molar-refractivity contribution in [1.29, 1.82) is 0 Å². The second kappa shape index (κ2) is 8.21. The third-order valence-corrected chi connectivity index (χ3v) is 7.19. The van der Waals surface area contributed by atoms with Crippen LogP contribution in [0.5, 0.6) is 0 Å². The maximum Gasteiger partial charge on any atom is 0.274 e. The first-order valence-corrected chi connectivity index (χ1v) is 11.3. The number of piperidine rings is 1. The van der Waals surface area contributed by atoms with E-state index in [9.17, 15) is 13.2 Å². The third kappa shape index (κ3) is 4.19. The fourth-order valence-corrected chi connectivity index (χ4v) is 5.22. The van der Waals surface area contributed by atoms with Crippen molar-refractivity contribution in [3.8, 4) is 5.82 Å². The summed E-state index contributed by atoms with van der Waals surface area (Å²) >= 11 is 0. The number of sulfonamides is 1. The lowest BCUT2D eigenvalue weighted by Gasteiger charge is -2.29. The zero-order valence-corrected chi connectivity index (χ0v) is 17.2. The van der Waals surface area contributed by atoms with Crippen molar-refractivity contribution < 1.29 is 17.9 Å². The minimum atomic E-state index is -3.54. The van der Waals surface area contributed by atoms with E-state index < -0.39 is 10.0 Å². The molecule has 0 bridgehead atoms. The molecule has 29 heavy (non-hydrogen) atoms. The number of hydrogen-bond acceptors (Lipinski definition) is 6. The predicted molar refractivity (Wildman–Crippen MR) is 105 cm³/mol. The first kappa shape index (κ1) is 20.0. The number of morpholine rings is 1. The van der Waals surface area contributed by atoms with Crippen LogP contribution in [0.4, 0.5) is 0 Å². The van der Waals surface area contributed by atoms with Crippen LogP contribution >= 0.6 is 0 Å². The molecule has 10 heteroatoms. The summed E-state index contributed by atoms with van der Waals surface area (Å²) in [6.45, 7) is 5.30. The number of pyridine rings is 1. The van der Waals surface area contributed by atoms with Gasteiger partial charge in [0.15, 0.2) is 0 Å². The van der Waals surface area contributed by atoms with Crippen molar-refractivity contribution in [2.75, 3.05) is 39.4 Å². The number of rotatable bonds is 4. The van der Waals surface area contributed by atoms with Crippen LogP contribution in [0.2, 0.25) is 0 Å². The summed E-state index contributed by atoms with van der Waals surface area (Å²) in [4.78, 5) is 22.9. The van der Waals surface area contributed by atoms with Gasteiger partial charge in [0, 0.05) is 38.6 Å². The number of imidazole rings is 1. The average Bonchev–Trinajstić information content (AvgIpc) is 3.24. The summed E-state index contributed by atoms with van der Waals surface area (Å²) in [6.07, 6.45) is 6.42. The van der Waals surface area contributed by atoms with Gasteiger partial charge in [0.2, 0.25) is 10.0 Å². The second-order valence-corrected chi connectivity index (χ2v) is 9.47. The molecule has 1 unspecified atom stereocenters. The highest BCUT2D eigenvalue weighted by Gasteiger charge is 2.29. The van der Waals surface area contributed by atoms with Crippen LogP contribution in [0.1, 0.15) is 30.3 Å². The molecule has 0 aliphatic carbocycles. The smallest absolute Gasteiger partial charge is 0.274 e. The fourth-order valence-electron chi connectivity index (χ4n) is 3.68. The molecule has 2 aliphatic heterocycles. The van der Waals surface area contributed by atoms with Crippen LogP contribution < -0.4 is 0 Å². The molecule has 9 nitrogen and oxygen atoms in total. The van der Waals surface area contributed by atoms with E-state index in [1.807, 2.05) is 0 Å². The van der Waals surface area contributed by atoms with Gasteiger partial charge in [0.25, 0.3) is 5.91 Å². The van der Waals surface area contributed by atoms with E-state index >= 15 is 0 Å². The van der Waals surface area contributed by atoms with Crippen LogP contribution in [-0.2, 0) is 14.8 Å². The van der Waals surface area contributed by atoms with Gasteiger partial charge in [-0.25, -0.2) is 18.4 Å². The Labute approximate surface area is 170 Å². The number of nitrogens with zero attached hydrogens (tertiary/aromatic N) is 5. The first-order valence-electron chi connectivity index (χ1n) is 9.83. The summed E-state index contributed by atoms with van der Waals surface area (Å²) < 4.78 is 34.1. The number of aromatic nitrogens is 3. The van der Waals surface area contributed by atoms with Crippen LogP contribution in [0.15, 0.2) is 35.7 Å². The molecule has 0 radical (unpaired) electrons. The van der Waals surface area contributed by atoms with Gasteiger partial charge in [-0.3, -0.25) is 9.36 Å². The number of hydrogen-bond donors (Lipinski definition) is 0. The maximum absolute atomic E-state index is 12.9. The molecule has 2 aromatic rings. The molecule has 0 aromatic carbocycles. The summed E-state index contributed by atoms with van der Waals surface area (Å²) in [5.41, 5.74) is 0.327. The van der Waals surface area contributed by atoms with Gasteiger partial charge in [-0.2, -0.15) is 4.31 Å². The lowest BCUT2D eigenvalue weighted by atomic mass is 10.0. The van der Waals surface area contributed by atoms with Crippen molar-refractivity contribution in [1.82, 2.24) is 23.7 Å². The molecule has 4 rings (SSSR count). The van der Waals surface area contributed by atoms with Gasteiger partial charge < -0.3 is 9.64 Å². The molecule has 1 atom stereocenters. The molecular formula is C19H25N5O4S. The minimum absolute atomic E-state index is 0.148. The van der Waals surface area contributed by atoms with Crippen LogP contribution in [-0.4, -0.2) is 77.5 Å². The Hall–Kier alpha value is -2.30. The van der Waals surface area contributed by atoms with Gasteiger partial charge in [-0.15, -0.1) is 0 Å². The molecule has 2 aliphatic rings. The Morgan fingerprint density at radius 1 is 1.17 bits per heavy atom. The molecule has 2 aromatic heterocycles. The molecule has 0 N–H and O–H groups in total. The molecule has 156 valence electrons. The van der Waals surface area contributed by atoms with Crippen LogP contribution in [0.3, 0.4) is 0 Å². The first-order chi connectivity index (χ1) is 13.9. The molecule has 2 fully saturated rings. The molecule has 2 saturated heterocycles. The number of ether oxygens (including phenoxy) is 1. The van der Waals surface area contributed by atoms with Crippen molar-refractivity contribution >= 4 is 15.9 Å². The summed E-state index contributed by atoms with van der Waals surface area (Å²) in [6, 6.07) is 3.19. The molecule has 0 spiro atoms. The number of carbonyl (C=O) groups is 1. The van der Waals surface area contributed by atoms with Crippen LogP contribution in [0, 0.1) is 5.92 Å². The van der Waals surface area contributed by atoms with Crippen molar-refractivity contribution in [3.63, 3.8) is 0 Å². The number of amides is 1. The highest BCUT2D eigenvalue weighted by molar-refractivity contribution is 7.89. The summed E-state index contributed by atoms with van der Waals surface area (Å²) in [5, 5.41) is 0. The number of carbonyl (C=O) groups excluding carboxylic acids is 1. The molecule has 4 heterocycles. The van der Waals surface area contributed by atoms with Gasteiger partial charge >= 0.3 is 0 Å². The lowest BCUT2D eigenvalue weighted by molar-refractivity contribution is 0.0299. The Morgan fingerprint density at radius 3 is 2.66 bits per heavy atom. The Balaban J connectivity index is 1.49. The standard InChI is InChI=1S/C19H25N5O4S/c1-15-3-2-6-24(12-15)29(26,27)16-4-5-18(20-11-16)23-13-17(21-14-23)19(25)22-7-9-28-10-8-22/h4-5,11,13-15H,2-3,6-10,12H2,1H3. The third-order valence-electron chi connectivity index (χ3n) is 5.34. The van der Waals surface area contributed by atoms with E-state index in [0.717, 1.165) is 12.8 Å². The zero-order valence-electron chi connectivity index (χ0n) is 16.4. The van der Waals surface area contributed by atoms with Gasteiger partial charge in [0.05, 0.1) is 13.2 Å².